The molecule has 0 unspecified atom stereocenters. The van der Waals surface area contributed by atoms with Crippen LogP contribution in [0.1, 0.15) is 12.5 Å². The number of hydrogen-bond acceptors (Lipinski definition) is 4. The fourth-order valence-corrected chi connectivity index (χ4v) is 3.45. The van der Waals surface area contributed by atoms with Gasteiger partial charge in [0.25, 0.3) is 0 Å². The summed E-state index contributed by atoms with van der Waals surface area (Å²) in [7, 11) is 0. The SMILES string of the molecule is CCOc1ccc(NC(=O)CSc2nccn2Cc2ccccc2Cl)cc1. The summed E-state index contributed by atoms with van der Waals surface area (Å²) in [6.07, 6.45) is 3.61. The molecule has 3 rings (SSSR count). The van der Waals surface area contributed by atoms with Crippen LogP contribution in [0, 0.1) is 0 Å². The number of halogens is 1. The van der Waals surface area contributed by atoms with Crippen molar-refractivity contribution < 1.29 is 9.53 Å². The molecule has 1 heterocycles. The van der Waals surface area contributed by atoms with Crippen molar-refractivity contribution in [1.82, 2.24) is 9.55 Å². The van der Waals surface area contributed by atoms with Gasteiger partial charge in [-0.2, -0.15) is 0 Å². The molecule has 5 nitrogen and oxygen atoms in total. The minimum Gasteiger partial charge on any atom is -0.494 e. The quantitative estimate of drug-likeness (QED) is 0.555. The zero-order valence-electron chi connectivity index (χ0n) is 14.9. The van der Waals surface area contributed by atoms with Gasteiger partial charge in [-0.15, -0.1) is 0 Å². The molecule has 0 aliphatic heterocycles. The highest BCUT2D eigenvalue weighted by Gasteiger charge is 2.10. The van der Waals surface area contributed by atoms with Crippen LogP contribution in [-0.2, 0) is 11.3 Å². The molecule has 140 valence electrons. The summed E-state index contributed by atoms with van der Waals surface area (Å²) < 4.78 is 7.38. The van der Waals surface area contributed by atoms with Crippen LogP contribution in [0.4, 0.5) is 5.69 Å². The number of nitrogens with zero attached hydrogens (tertiary/aromatic N) is 2. The van der Waals surface area contributed by atoms with Gasteiger partial charge in [-0.3, -0.25) is 4.79 Å². The molecule has 7 heteroatoms. The molecule has 3 aromatic rings. The lowest BCUT2D eigenvalue weighted by molar-refractivity contribution is -0.113. The number of ether oxygens (including phenoxy) is 1. The molecule has 0 fully saturated rings. The standard InChI is InChI=1S/C20H20ClN3O2S/c1-2-26-17-9-7-16(8-10-17)23-19(25)14-27-20-22-11-12-24(20)13-15-5-3-4-6-18(15)21/h3-12H,2,13-14H2,1H3,(H,23,25). The maximum Gasteiger partial charge on any atom is 0.234 e. The molecule has 0 saturated carbocycles. The second-order valence-corrected chi connectivity index (χ2v) is 7.07. The Morgan fingerprint density at radius 2 is 2.00 bits per heavy atom. The molecule has 1 amide bonds. The third-order valence-electron chi connectivity index (χ3n) is 3.76. The highest BCUT2D eigenvalue weighted by Crippen LogP contribution is 2.21. The topological polar surface area (TPSA) is 56.1 Å². The van der Waals surface area contributed by atoms with Gasteiger partial charge in [-0.25, -0.2) is 4.98 Å². The Bertz CT molecular complexity index is 896. The summed E-state index contributed by atoms with van der Waals surface area (Å²) >= 11 is 7.62. The van der Waals surface area contributed by atoms with Crippen LogP contribution in [0.3, 0.4) is 0 Å². The molecule has 1 N–H and O–H groups in total. The summed E-state index contributed by atoms with van der Waals surface area (Å²) in [6, 6.07) is 15.0. The number of carbonyl (C=O) groups is 1. The highest BCUT2D eigenvalue weighted by molar-refractivity contribution is 7.99. The van der Waals surface area contributed by atoms with E-state index < -0.39 is 0 Å². The Morgan fingerprint density at radius 1 is 1.22 bits per heavy atom. The summed E-state index contributed by atoms with van der Waals surface area (Å²) in [5, 5.41) is 4.37. The molecule has 0 aliphatic carbocycles. The van der Waals surface area contributed by atoms with Gasteiger partial charge < -0.3 is 14.6 Å². The first-order valence-corrected chi connectivity index (χ1v) is 9.92. The minimum atomic E-state index is -0.0866. The number of aromatic nitrogens is 2. The Labute approximate surface area is 167 Å². The molecule has 2 aromatic carbocycles. The number of rotatable bonds is 8. The normalized spacial score (nSPS) is 10.6. The molecule has 0 saturated heterocycles. The number of amides is 1. The maximum absolute atomic E-state index is 12.2. The first-order chi connectivity index (χ1) is 13.2. The second-order valence-electron chi connectivity index (χ2n) is 5.72. The lowest BCUT2D eigenvalue weighted by atomic mass is 10.2. The number of carbonyl (C=O) groups excluding carboxylic acids is 1. The Hall–Kier alpha value is -2.44. The number of imidazole rings is 1. The molecule has 0 aliphatic rings. The fourth-order valence-electron chi connectivity index (χ4n) is 2.49. The maximum atomic E-state index is 12.2. The predicted molar refractivity (Wildman–Crippen MR) is 110 cm³/mol. The predicted octanol–water partition coefficient (Wildman–Crippen LogP) is 4.71. The largest absolute Gasteiger partial charge is 0.494 e. The van der Waals surface area contributed by atoms with E-state index in [-0.39, 0.29) is 11.7 Å². The van der Waals surface area contributed by atoms with E-state index in [4.69, 9.17) is 16.3 Å². The van der Waals surface area contributed by atoms with E-state index in [1.165, 1.54) is 11.8 Å². The van der Waals surface area contributed by atoms with Gasteiger partial charge in [0, 0.05) is 23.1 Å². The zero-order chi connectivity index (χ0) is 19.1. The van der Waals surface area contributed by atoms with E-state index in [2.05, 4.69) is 10.3 Å². The minimum absolute atomic E-state index is 0.0866. The number of nitrogens with one attached hydrogen (secondary N) is 1. The van der Waals surface area contributed by atoms with Gasteiger partial charge in [0.05, 0.1) is 18.9 Å². The average molecular weight is 402 g/mol. The Morgan fingerprint density at radius 3 is 2.74 bits per heavy atom. The van der Waals surface area contributed by atoms with Crippen molar-refractivity contribution in [3.8, 4) is 5.75 Å². The van der Waals surface area contributed by atoms with Gasteiger partial charge in [0.1, 0.15) is 5.75 Å². The van der Waals surface area contributed by atoms with Crippen LogP contribution in [0.15, 0.2) is 66.1 Å². The van der Waals surface area contributed by atoms with Crippen molar-refractivity contribution >= 4 is 35.0 Å². The molecular formula is C20H20ClN3O2S. The first kappa shape index (κ1) is 19.3. The van der Waals surface area contributed by atoms with Crippen LogP contribution >= 0.6 is 23.4 Å². The van der Waals surface area contributed by atoms with Gasteiger partial charge in [0.15, 0.2) is 5.16 Å². The summed E-state index contributed by atoms with van der Waals surface area (Å²) in [4.78, 5) is 16.6. The van der Waals surface area contributed by atoms with E-state index in [9.17, 15) is 4.79 Å². The number of benzene rings is 2. The molecular weight excluding hydrogens is 382 g/mol. The summed E-state index contributed by atoms with van der Waals surface area (Å²) in [6.45, 7) is 3.16. The van der Waals surface area contributed by atoms with Crippen LogP contribution in [0.5, 0.6) is 5.75 Å². The summed E-state index contributed by atoms with van der Waals surface area (Å²) in [5.74, 6) is 0.968. The van der Waals surface area contributed by atoms with Crippen LogP contribution in [0.2, 0.25) is 5.02 Å². The van der Waals surface area contributed by atoms with Gasteiger partial charge in [-0.1, -0.05) is 41.6 Å². The Balaban J connectivity index is 1.55. The zero-order valence-corrected chi connectivity index (χ0v) is 16.5. The third kappa shape index (κ3) is 5.52. The average Bonchev–Trinajstić information content (AvgIpc) is 3.11. The van der Waals surface area contributed by atoms with Crippen molar-refractivity contribution in [2.45, 2.75) is 18.6 Å². The van der Waals surface area contributed by atoms with E-state index in [1.54, 1.807) is 6.20 Å². The molecule has 0 bridgehead atoms. The first-order valence-electron chi connectivity index (χ1n) is 8.55. The van der Waals surface area contributed by atoms with Crippen molar-refractivity contribution in [2.75, 3.05) is 17.7 Å². The van der Waals surface area contributed by atoms with Gasteiger partial charge in [0.2, 0.25) is 5.91 Å². The van der Waals surface area contributed by atoms with Crippen molar-refractivity contribution in [3.05, 3.63) is 71.5 Å². The number of hydrogen-bond donors (Lipinski definition) is 1. The van der Waals surface area contributed by atoms with E-state index >= 15 is 0 Å². The Kier molecular flexibility index (Phi) is 6.79. The van der Waals surface area contributed by atoms with E-state index in [0.29, 0.717) is 13.2 Å². The number of thioether (sulfide) groups is 1. The second kappa shape index (κ2) is 9.48. The monoisotopic (exact) mass is 401 g/mol. The fraction of sp³-hybridized carbons (Fsp3) is 0.200. The van der Waals surface area contributed by atoms with Crippen molar-refractivity contribution in [2.24, 2.45) is 0 Å². The highest BCUT2D eigenvalue weighted by atomic mass is 35.5. The summed E-state index contributed by atoms with van der Waals surface area (Å²) in [5.41, 5.74) is 1.75. The van der Waals surface area contributed by atoms with Crippen LogP contribution < -0.4 is 10.1 Å². The van der Waals surface area contributed by atoms with Gasteiger partial charge in [-0.05, 0) is 42.8 Å². The molecule has 0 radical (unpaired) electrons. The molecule has 1 aromatic heterocycles. The molecule has 27 heavy (non-hydrogen) atoms. The van der Waals surface area contributed by atoms with Crippen molar-refractivity contribution in [3.63, 3.8) is 0 Å². The lowest BCUT2D eigenvalue weighted by Crippen LogP contribution is -2.14. The molecule has 0 atom stereocenters. The molecule has 0 spiro atoms. The van der Waals surface area contributed by atoms with E-state index in [0.717, 1.165) is 27.2 Å². The third-order valence-corrected chi connectivity index (χ3v) is 5.13. The van der Waals surface area contributed by atoms with Crippen LogP contribution in [-0.4, -0.2) is 27.8 Å². The lowest BCUT2D eigenvalue weighted by Gasteiger charge is -2.09. The smallest absolute Gasteiger partial charge is 0.234 e. The van der Waals surface area contributed by atoms with Crippen LogP contribution in [0.25, 0.3) is 0 Å². The van der Waals surface area contributed by atoms with Crippen molar-refractivity contribution in [1.29, 1.82) is 0 Å². The van der Waals surface area contributed by atoms with Gasteiger partial charge >= 0.3 is 0 Å². The number of anilines is 1. The van der Waals surface area contributed by atoms with E-state index in [1.807, 2.05) is 66.2 Å².